The van der Waals surface area contributed by atoms with E-state index in [2.05, 4.69) is 16.4 Å². The second kappa shape index (κ2) is 6.12. The van der Waals surface area contributed by atoms with Gasteiger partial charge in [0.05, 0.1) is 22.8 Å². The van der Waals surface area contributed by atoms with Crippen molar-refractivity contribution in [2.75, 3.05) is 13.6 Å². The van der Waals surface area contributed by atoms with Crippen LogP contribution in [0.2, 0.25) is 0 Å². The molecule has 5 heteroatoms. The van der Waals surface area contributed by atoms with E-state index in [4.69, 9.17) is 0 Å². The number of thiazole rings is 1. The van der Waals surface area contributed by atoms with Gasteiger partial charge in [-0.3, -0.25) is 9.69 Å². The first kappa shape index (κ1) is 14.0. The number of amides is 1. The lowest BCUT2D eigenvalue weighted by Crippen LogP contribution is -2.42. The van der Waals surface area contributed by atoms with Crippen molar-refractivity contribution in [2.24, 2.45) is 0 Å². The SMILES string of the molecule is CCNC(=O)[C@H](C)N(C)Cc1nc2ccccc2s1. The predicted octanol–water partition coefficient (Wildman–Crippen LogP) is 2.25. The van der Waals surface area contributed by atoms with Crippen molar-refractivity contribution in [3.05, 3.63) is 29.3 Å². The molecule has 0 fully saturated rings. The zero-order chi connectivity index (χ0) is 13.8. The van der Waals surface area contributed by atoms with E-state index >= 15 is 0 Å². The smallest absolute Gasteiger partial charge is 0.237 e. The molecular formula is C14H19N3OS. The molecule has 19 heavy (non-hydrogen) atoms. The zero-order valence-electron chi connectivity index (χ0n) is 11.5. The number of carbonyl (C=O) groups is 1. The number of nitrogens with one attached hydrogen (secondary N) is 1. The van der Waals surface area contributed by atoms with Crippen molar-refractivity contribution in [1.82, 2.24) is 15.2 Å². The fraction of sp³-hybridized carbons (Fsp3) is 0.429. The minimum atomic E-state index is -0.146. The van der Waals surface area contributed by atoms with Gasteiger partial charge in [0.1, 0.15) is 5.01 Å². The van der Waals surface area contributed by atoms with Crippen molar-refractivity contribution >= 4 is 27.5 Å². The Morgan fingerprint density at radius 3 is 2.89 bits per heavy atom. The quantitative estimate of drug-likeness (QED) is 0.911. The van der Waals surface area contributed by atoms with Crippen LogP contribution >= 0.6 is 11.3 Å². The lowest BCUT2D eigenvalue weighted by molar-refractivity contribution is -0.125. The molecule has 1 amide bonds. The first-order chi connectivity index (χ1) is 9.11. The number of rotatable bonds is 5. The van der Waals surface area contributed by atoms with E-state index in [1.54, 1.807) is 11.3 Å². The summed E-state index contributed by atoms with van der Waals surface area (Å²) < 4.78 is 1.19. The van der Waals surface area contributed by atoms with Crippen LogP contribution in [0.5, 0.6) is 0 Å². The van der Waals surface area contributed by atoms with Crippen LogP contribution in [0.4, 0.5) is 0 Å². The number of hydrogen-bond acceptors (Lipinski definition) is 4. The molecule has 102 valence electrons. The van der Waals surface area contributed by atoms with Gasteiger partial charge in [-0.1, -0.05) is 12.1 Å². The van der Waals surface area contributed by atoms with Gasteiger partial charge >= 0.3 is 0 Å². The lowest BCUT2D eigenvalue weighted by atomic mass is 10.3. The third kappa shape index (κ3) is 3.30. The molecule has 1 atom stereocenters. The standard InChI is InChI=1S/C14H19N3OS/c1-4-15-14(18)10(2)17(3)9-13-16-11-7-5-6-8-12(11)19-13/h5-8,10H,4,9H2,1-3H3,(H,15,18)/t10-/m0/s1. The zero-order valence-corrected chi connectivity index (χ0v) is 12.3. The van der Waals surface area contributed by atoms with Gasteiger partial charge in [0, 0.05) is 6.54 Å². The molecule has 0 saturated carbocycles. The maximum atomic E-state index is 11.8. The molecule has 1 heterocycles. The molecule has 0 aliphatic heterocycles. The number of aromatic nitrogens is 1. The number of likely N-dealkylation sites (N-methyl/N-ethyl adjacent to an activating group) is 2. The Balaban J connectivity index is 2.05. The minimum Gasteiger partial charge on any atom is -0.355 e. The molecule has 0 radical (unpaired) electrons. The molecule has 1 N–H and O–H groups in total. The number of hydrogen-bond donors (Lipinski definition) is 1. The molecule has 0 spiro atoms. The highest BCUT2D eigenvalue weighted by Gasteiger charge is 2.18. The van der Waals surface area contributed by atoms with Crippen molar-refractivity contribution in [3.8, 4) is 0 Å². The summed E-state index contributed by atoms with van der Waals surface area (Å²) >= 11 is 1.68. The Morgan fingerprint density at radius 1 is 1.47 bits per heavy atom. The molecule has 2 rings (SSSR count). The summed E-state index contributed by atoms with van der Waals surface area (Å²) in [5.74, 6) is 0.0612. The Labute approximate surface area is 117 Å². The Hall–Kier alpha value is -1.46. The summed E-state index contributed by atoms with van der Waals surface area (Å²) in [5, 5.41) is 3.88. The fourth-order valence-electron chi connectivity index (χ4n) is 1.86. The predicted molar refractivity (Wildman–Crippen MR) is 79.2 cm³/mol. The average molecular weight is 277 g/mol. The first-order valence-corrected chi connectivity index (χ1v) is 7.26. The summed E-state index contributed by atoms with van der Waals surface area (Å²) in [7, 11) is 1.95. The Bertz CT molecular complexity index is 534. The number of benzene rings is 1. The highest BCUT2D eigenvalue weighted by molar-refractivity contribution is 7.18. The summed E-state index contributed by atoms with van der Waals surface area (Å²) in [4.78, 5) is 18.4. The van der Waals surface area contributed by atoms with E-state index in [-0.39, 0.29) is 11.9 Å². The molecule has 1 aromatic heterocycles. The monoisotopic (exact) mass is 277 g/mol. The number of fused-ring (bicyclic) bond motifs is 1. The lowest BCUT2D eigenvalue weighted by Gasteiger charge is -2.22. The number of para-hydroxylation sites is 1. The van der Waals surface area contributed by atoms with Crippen molar-refractivity contribution in [2.45, 2.75) is 26.4 Å². The minimum absolute atomic E-state index is 0.0612. The van der Waals surface area contributed by atoms with Crippen molar-refractivity contribution in [3.63, 3.8) is 0 Å². The van der Waals surface area contributed by atoms with Gasteiger partial charge in [0.2, 0.25) is 5.91 Å². The highest BCUT2D eigenvalue weighted by Crippen LogP contribution is 2.22. The second-order valence-electron chi connectivity index (χ2n) is 4.56. The average Bonchev–Trinajstić information content (AvgIpc) is 2.80. The van der Waals surface area contributed by atoms with E-state index < -0.39 is 0 Å². The van der Waals surface area contributed by atoms with Gasteiger partial charge < -0.3 is 5.32 Å². The maximum Gasteiger partial charge on any atom is 0.237 e. The molecule has 2 aromatic rings. The second-order valence-corrected chi connectivity index (χ2v) is 5.68. The Morgan fingerprint density at radius 2 is 2.21 bits per heavy atom. The van der Waals surface area contributed by atoms with Crippen LogP contribution in [0.25, 0.3) is 10.2 Å². The van der Waals surface area contributed by atoms with Crippen LogP contribution in [0, 0.1) is 0 Å². The maximum absolute atomic E-state index is 11.8. The van der Waals surface area contributed by atoms with E-state index in [0.717, 1.165) is 10.5 Å². The van der Waals surface area contributed by atoms with Crippen molar-refractivity contribution < 1.29 is 4.79 Å². The molecular weight excluding hydrogens is 258 g/mol. The van der Waals surface area contributed by atoms with E-state index in [1.165, 1.54) is 4.70 Å². The van der Waals surface area contributed by atoms with Crippen LogP contribution in [0.15, 0.2) is 24.3 Å². The van der Waals surface area contributed by atoms with Gasteiger partial charge in [-0.05, 0) is 33.0 Å². The molecule has 0 unspecified atom stereocenters. The summed E-state index contributed by atoms with van der Waals surface area (Å²) in [5.41, 5.74) is 1.03. The largest absolute Gasteiger partial charge is 0.355 e. The van der Waals surface area contributed by atoms with Crippen molar-refractivity contribution in [1.29, 1.82) is 0 Å². The van der Waals surface area contributed by atoms with E-state index in [9.17, 15) is 4.79 Å². The third-order valence-corrected chi connectivity index (χ3v) is 4.14. The first-order valence-electron chi connectivity index (χ1n) is 6.44. The van der Waals surface area contributed by atoms with Crippen LogP contribution in [-0.2, 0) is 11.3 Å². The highest BCUT2D eigenvalue weighted by atomic mass is 32.1. The summed E-state index contributed by atoms with van der Waals surface area (Å²) in [6.45, 7) is 5.20. The topological polar surface area (TPSA) is 45.2 Å². The summed E-state index contributed by atoms with van der Waals surface area (Å²) in [6.07, 6.45) is 0. The summed E-state index contributed by atoms with van der Waals surface area (Å²) in [6, 6.07) is 7.96. The molecule has 0 aliphatic carbocycles. The van der Waals surface area contributed by atoms with Gasteiger partial charge in [-0.2, -0.15) is 0 Å². The third-order valence-electron chi connectivity index (χ3n) is 3.11. The molecule has 0 bridgehead atoms. The van der Waals surface area contributed by atoms with Crippen LogP contribution in [-0.4, -0.2) is 35.4 Å². The van der Waals surface area contributed by atoms with Gasteiger partial charge in [-0.15, -0.1) is 11.3 Å². The van der Waals surface area contributed by atoms with E-state index in [1.807, 2.05) is 44.0 Å². The molecule has 0 aliphatic rings. The molecule has 1 aromatic carbocycles. The van der Waals surface area contributed by atoms with Gasteiger partial charge in [-0.25, -0.2) is 4.98 Å². The van der Waals surface area contributed by atoms with Crippen LogP contribution in [0.1, 0.15) is 18.9 Å². The van der Waals surface area contributed by atoms with Crippen LogP contribution < -0.4 is 5.32 Å². The van der Waals surface area contributed by atoms with Gasteiger partial charge in [0.25, 0.3) is 0 Å². The molecule has 0 saturated heterocycles. The van der Waals surface area contributed by atoms with Crippen LogP contribution in [0.3, 0.4) is 0 Å². The van der Waals surface area contributed by atoms with E-state index in [0.29, 0.717) is 13.1 Å². The Kier molecular flexibility index (Phi) is 4.50. The molecule has 4 nitrogen and oxygen atoms in total. The number of carbonyl (C=O) groups excluding carboxylic acids is 1. The van der Waals surface area contributed by atoms with Gasteiger partial charge in [0.15, 0.2) is 0 Å². The fourth-order valence-corrected chi connectivity index (χ4v) is 2.89. The number of nitrogens with zero attached hydrogens (tertiary/aromatic N) is 2. The normalized spacial score (nSPS) is 12.8.